The first kappa shape index (κ1) is 13.4. The molecule has 0 atom stereocenters. The van der Waals surface area contributed by atoms with Gasteiger partial charge in [-0.2, -0.15) is 0 Å². The third-order valence-corrected chi connectivity index (χ3v) is 3.82. The molecule has 2 rings (SSSR count). The molecule has 0 aliphatic rings. The summed E-state index contributed by atoms with van der Waals surface area (Å²) in [5.74, 6) is 0.780. The van der Waals surface area contributed by atoms with Crippen LogP contribution in [0.3, 0.4) is 0 Å². The Bertz CT molecular complexity index is 552. The van der Waals surface area contributed by atoms with Gasteiger partial charge >= 0.3 is 0 Å². The number of nitrogen functional groups attached to an aromatic ring is 1. The highest BCUT2D eigenvalue weighted by Gasteiger charge is 2.04. The minimum Gasteiger partial charge on any atom is -0.398 e. The topological polar surface area (TPSA) is 51.8 Å². The number of aryl methyl sites for hydroxylation is 2. The highest BCUT2D eigenvalue weighted by Crippen LogP contribution is 2.25. The Labute approximate surface area is 119 Å². The van der Waals surface area contributed by atoms with Gasteiger partial charge in [0.15, 0.2) is 5.16 Å². The van der Waals surface area contributed by atoms with Crippen molar-refractivity contribution in [2.75, 3.05) is 5.73 Å². The van der Waals surface area contributed by atoms with Gasteiger partial charge in [0.1, 0.15) is 0 Å². The number of benzene rings is 1. The molecule has 0 saturated carbocycles. The molecular weight excluding hydrogens is 310 g/mol. The van der Waals surface area contributed by atoms with Crippen LogP contribution in [0.2, 0.25) is 0 Å². The first-order chi connectivity index (χ1) is 8.54. The van der Waals surface area contributed by atoms with Gasteiger partial charge in [-0.05, 0) is 37.6 Å². The third kappa shape index (κ3) is 3.46. The highest BCUT2D eigenvalue weighted by molar-refractivity contribution is 9.10. The molecule has 1 heterocycles. The Morgan fingerprint density at radius 1 is 1.17 bits per heavy atom. The number of hydrogen-bond acceptors (Lipinski definition) is 4. The van der Waals surface area contributed by atoms with Crippen molar-refractivity contribution in [1.29, 1.82) is 0 Å². The second-order valence-electron chi connectivity index (χ2n) is 4.07. The standard InChI is InChI=1S/C13H14BrN3S/c1-8-5-9(2)17-13(16-8)18-7-10-3-4-11(14)6-12(10)15/h3-6H,7,15H2,1-2H3. The molecule has 94 valence electrons. The molecule has 2 aromatic rings. The Morgan fingerprint density at radius 3 is 2.44 bits per heavy atom. The Hall–Kier alpha value is -1.07. The smallest absolute Gasteiger partial charge is 0.188 e. The van der Waals surface area contributed by atoms with Crippen LogP contribution in [0.1, 0.15) is 17.0 Å². The molecule has 0 unspecified atom stereocenters. The first-order valence-corrected chi connectivity index (χ1v) is 7.31. The molecule has 0 fully saturated rings. The van der Waals surface area contributed by atoms with Gasteiger partial charge in [-0.25, -0.2) is 9.97 Å². The van der Waals surface area contributed by atoms with Crippen molar-refractivity contribution in [3.05, 3.63) is 45.7 Å². The van der Waals surface area contributed by atoms with Crippen LogP contribution in [0.4, 0.5) is 5.69 Å². The van der Waals surface area contributed by atoms with Crippen LogP contribution >= 0.6 is 27.7 Å². The minimum absolute atomic E-state index is 0.780. The third-order valence-electron chi connectivity index (χ3n) is 2.43. The molecule has 0 spiro atoms. The number of thioether (sulfide) groups is 1. The van der Waals surface area contributed by atoms with Crippen molar-refractivity contribution in [3.8, 4) is 0 Å². The van der Waals surface area contributed by atoms with E-state index in [9.17, 15) is 0 Å². The average molecular weight is 324 g/mol. The van der Waals surface area contributed by atoms with Gasteiger partial charge in [-0.1, -0.05) is 33.8 Å². The molecule has 18 heavy (non-hydrogen) atoms. The Balaban J connectivity index is 2.11. The van der Waals surface area contributed by atoms with Crippen LogP contribution in [0, 0.1) is 13.8 Å². The SMILES string of the molecule is Cc1cc(C)nc(SCc2ccc(Br)cc2N)n1. The maximum Gasteiger partial charge on any atom is 0.188 e. The van der Waals surface area contributed by atoms with Crippen LogP contribution in [0.15, 0.2) is 33.9 Å². The van der Waals surface area contributed by atoms with E-state index in [2.05, 4.69) is 25.9 Å². The monoisotopic (exact) mass is 323 g/mol. The Morgan fingerprint density at radius 2 is 1.83 bits per heavy atom. The van der Waals surface area contributed by atoms with Crippen molar-refractivity contribution < 1.29 is 0 Å². The lowest BCUT2D eigenvalue weighted by Crippen LogP contribution is -1.95. The number of halogens is 1. The zero-order valence-electron chi connectivity index (χ0n) is 10.3. The number of aromatic nitrogens is 2. The van der Waals surface area contributed by atoms with E-state index in [1.54, 1.807) is 11.8 Å². The predicted octanol–water partition coefficient (Wildman–Crippen LogP) is 3.73. The van der Waals surface area contributed by atoms with Gasteiger partial charge in [0.25, 0.3) is 0 Å². The molecule has 0 amide bonds. The quantitative estimate of drug-likeness (QED) is 0.531. The number of hydrogen-bond donors (Lipinski definition) is 1. The molecule has 0 aliphatic carbocycles. The van der Waals surface area contributed by atoms with Crippen molar-refractivity contribution >= 4 is 33.4 Å². The number of nitrogens with zero attached hydrogens (tertiary/aromatic N) is 2. The van der Waals surface area contributed by atoms with Gasteiger partial charge in [0.05, 0.1) is 0 Å². The zero-order chi connectivity index (χ0) is 13.1. The number of anilines is 1. The van der Waals surface area contributed by atoms with E-state index < -0.39 is 0 Å². The van der Waals surface area contributed by atoms with E-state index in [1.807, 2.05) is 38.1 Å². The van der Waals surface area contributed by atoms with Gasteiger partial charge in [0.2, 0.25) is 0 Å². The summed E-state index contributed by atoms with van der Waals surface area (Å²) in [4.78, 5) is 8.80. The zero-order valence-corrected chi connectivity index (χ0v) is 12.7. The van der Waals surface area contributed by atoms with E-state index in [4.69, 9.17) is 5.73 Å². The second kappa shape index (κ2) is 5.71. The molecule has 0 radical (unpaired) electrons. The van der Waals surface area contributed by atoms with Crippen LogP contribution in [0.25, 0.3) is 0 Å². The van der Waals surface area contributed by atoms with Crippen LogP contribution in [-0.2, 0) is 5.75 Å². The lowest BCUT2D eigenvalue weighted by molar-refractivity contribution is 0.902. The van der Waals surface area contributed by atoms with Gasteiger partial charge in [0, 0.05) is 27.3 Å². The van der Waals surface area contributed by atoms with Crippen LogP contribution in [-0.4, -0.2) is 9.97 Å². The van der Waals surface area contributed by atoms with Crippen molar-refractivity contribution in [1.82, 2.24) is 9.97 Å². The summed E-state index contributed by atoms with van der Waals surface area (Å²) in [7, 11) is 0. The first-order valence-electron chi connectivity index (χ1n) is 5.53. The molecular formula is C13H14BrN3S. The molecule has 1 aromatic carbocycles. The summed E-state index contributed by atoms with van der Waals surface area (Å²) >= 11 is 5.00. The van der Waals surface area contributed by atoms with Gasteiger partial charge in [-0.15, -0.1) is 0 Å². The fourth-order valence-corrected chi connectivity index (χ4v) is 2.94. The molecule has 0 saturated heterocycles. The van der Waals surface area contributed by atoms with Gasteiger partial charge < -0.3 is 5.73 Å². The molecule has 1 aromatic heterocycles. The predicted molar refractivity (Wildman–Crippen MR) is 79.6 cm³/mol. The number of nitrogens with two attached hydrogens (primary N) is 1. The second-order valence-corrected chi connectivity index (χ2v) is 5.92. The average Bonchev–Trinajstić information content (AvgIpc) is 2.26. The molecule has 3 nitrogen and oxygen atoms in total. The van der Waals surface area contributed by atoms with Gasteiger partial charge in [-0.3, -0.25) is 0 Å². The summed E-state index contributed by atoms with van der Waals surface area (Å²) in [6, 6.07) is 7.90. The summed E-state index contributed by atoms with van der Waals surface area (Å²) in [5.41, 5.74) is 9.85. The van der Waals surface area contributed by atoms with Crippen molar-refractivity contribution in [3.63, 3.8) is 0 Å². The minimum atomic E-state index is 0.780. The highest BCUT2D eigenvalue weighted by atomic mass is 79.9. The normalized spacial score (nSPS) is 10.6. The van der Waals surface area contributed by atoms with Crippen LogP contribution in [0.5, 0.6) is 0 Å². The maximum absolute atomic E-state index is 5.96. The fourth-order valence-electron chi connectivity index (χ4n) is 1.60. The molecule has 0 aliphatic heterocycles. The molecule has 5 heteroatoms. The number of rotatable bonds is 3. The van der Waals surface area contributed by atoms with E-state index in [0.717, 1.165) is 38.0 Å². The largest absolute Gasteiger partial charge is 0.398 e. The van der Waals surface area contributed by atoms with E-state index in [-0.39, 0.29) is 0 Å². The van der Waals surface area contributed by atoms with E-state index >= 15 is 0 Å². The lowest BCUT2D eigenvalue weighted by Gasteiger charge is -2.06. The molecule has 2 N–H and O–H groups in total. The summed E-state index contributed by atoms with van der Waals surface area (Å²) in [6.07, 6.45) is 0. The van der Waals surface area contributed by atoms with E-state index in [1.165, 1.54) is 0 Å². The molecule has 0 bridgehead atoms. The maximum atomic E-state index is 5.96. The van der Waals surface area contributed by atoms with Crippen LogP contribution < -0.4 is 5.73 Å². The van der Waals surface area contributed by atoms with Crippen molar-refractivity contribution in [2.45, 2.75) is 24.8 Å². The van der Waals surface area contributed by atoms with Crippen molar-refractivity contribution in [2.24, 2.45) is 0 Å². The summed E-state index contributed by atoms with van der Waals surface area (Å²) in [5, 5.41) is 0.801. The fraction of sp³-hybridized carbons (Fsp3) is 0.231. The van der Waals surface area contributed by atoms with E-state index in [0.29, 0.717) is 0 Å². The summed E-state index contributed by atoms with van der Waals surface area (Å²) in [6.45, 7) is 3.96. The summed E-state index contributed by atoms with van der Waals surface area (Å²) < 4.78 is 0.997. The Kier molecular flexibility index (Phi) is 4.24. The lowest BCUT2D eigenvalue weighted by atomic mass is 10.2.